The monoisotopic (exact) mass is 440 g/mol. The van der Waals surface area contributed by atoms with Crippen LogP contribution in [0.5, 0.6) is 0 Å². The van der Waals surface area contributed by atoms with Gasteiger partial charge in [0.1, 0.15) is 10.7 Å². The normalized spacial score (nSPS) is 11.8. The average Bonchev–Trinajstić information content (AvgIpc) is 2.61. The van der Waals surface area contributed by atoms with Crippen molar-refractivity contribution >= 4 is 43.0 Å². The highest BCUT2D eigenvalue weighted by Crippen LogP contribution is 2.23. The van der Waals surface area contributed by atoms with Crippen LogP contribution in [0.4, 0.5) is 15.8 Å². The summed E-state index contributed by atoms with van der Waals surface area (Å²) in [6, 6.07) is 16.2. The standard InChI is InChI=1S/C18H14ClFN2O4S2/c19-13-5-3-6-14(11-13)21-27(23,24)16-8-4-7-15(12-16)22-28(25,26)18-10-2-1-9-17(18)20/h1-12,21-22H. The van der Waals surface area contributed by atoms with Crippen molar-refractivity contribution in [3.05, 3.63) is 83.6 Å². The molecular weight excluding hydrogens is 427 g/mol. The van der Waals surface area contributed by atoms with Gasteiger partial charge in [-0.1, -0.05) is 35.9 Å². The maximum atomic E-state index is 13.8. The van der Waals surface area contributed by atoms with Crippen molar-refractivity contribution in [1.29, 1.82) is 0 Å². The van der Waals surface area contributed by atoms with Crippen LogP contribution in [0.2, 0.25) is 5.02 Å². The number of nitrogens with one attached hydrogen (secondary N) is 2. The van der Waals surface area contributed by atoms with Gasteiger partial charge in [0, 0.05) is 5.02 Å². The second-order valence-electron chi connectivity index (χ2n) is 5.68. The number of benzene rings is 3. The van der Waals surface area contributed by atoms with Gasteiger partial charge in [-0.3, -0.25) is 9.44 Å². The minimum Gasteiger partial charge on any atom is -0.280 e. The minimum atomic E-state index is -4.23. The Kier molecular flexibility index (Phi) is 5.59. The lowest BCUT2D eigenvalue weighted by Crippen LogP contribution is -2.16. The molecule has 0 saturated heterocycles. The summed E-state index contributed by atoms with van der Waals surface area (Å²) < 4.78 is 68.2. The summed E-state index contributed by atoms with van der Waals surface area (Å²) >= 11 is 5.85. The molecule has 2 N–H and O–H groups in total. The first-order chi connectivity index (χ1) is 13.2. The van der Waals surface area contributed by atoms with E-state index in [0.29, 0.717) is 5.02 Å². The quantitative estimate of drug-likeness (QED) is 0.604. The zero-order chi connectivity index (χ0) is 20.4. The van der Waals surface area contributed by atoms with Gasteiger partial charge in [0.15, 0.2) is 0 Å². The Bertz CT molecular complexity index is 1230. The summed E-state index contributed by atoms with van der Waals surface area (Å²) in [5, 5.41) is 0.353. The zero-order valence-corrected chi connectivity index (χ0v) is 16.5. The average molecular weight is 441 g/mol. The summed E-state index contributed by atoms with van der Waals surface area (Å²) in [6.07, 6.45) is 0. The van der Waals surface area contributed by atoms with Gasteiger partial charge in [-0.15, -0.1) is 0 Å². The van der Waals surface area contributed by atoms with Gasteiger partial charge in [-0.25, -0.2) is 21.2 Å². The Morgan fingerprint density at radius 2 is 1.32 bits per heavy atom. The molecule has 6 nitrogen and oxygen atoms in total. The molecule has 3 rings (SSSR count). The smallest absolute Gasteiger partial charge is 0.264 e. The fourth-order valence-electron chi connectivity index (χ4n) is 2.37. The number of hydrogen-bond donors (Lipinski definition) is 2. The third kappa shape index (κ3) is 4.61. The second-order valence-corrected chi connectivity index (χ2v) is 9.45. The highest BCUT2D eigenvalue weighted by molar-refractivity contribution is 7.93. The molecule has 0 bridgehead atoms. The van der Waals surface area contributed by atoms with E-state index < -0.39 is 30.8 Å². The first-order valence-electron chi connectivity index (χ1n) is 7.83. The van der Waals surface area contributed by atoms with Gasteiger partial charge in [-0.05, 0) is 48.5 Å². The molecule has 0 spiro atoms. The number of rotatable bonds is 6. The van der Waals surface area contributed by atoms with E-state index >= 15 is 0 Å². The molecule has 0 fully saturated rings. The molecule has 0 unspecified atom stereocenters. The van der Waals surface area contributed by atoms with Crippen molar-refractivity contribution in [2.24, 2.45) is 0 Å². The van der Waals surface area contributed by atoms with Crippen molar-refractivity contribution in [3.8, 4) is 0 Å². The van der Waals surface area contributed by atoms with Crippen LogP contribution in [-0.4, -0.2) is 16.8 Å². The van der Waals surface area contributed by atoms with Gasteiger partial charge >= 0.3 is 0 Å². The zero-order valence-electron chi connectivity index (χ0n) is 14.1. The predicted molar refractivity (Wildman–Crippen MR) is 106 cm³/mol. The van der Waals surface area contributed by atoms with Crippen LogP contribution >= 0.6 is 11.6 Å². The summed E-state index contributed by atoms with van der Waals surface area (Å²) in [6.45, 7) is 0. The van der Waals surface area contributed by atoms with E-state index in [1.165, 1.54) is 42.5 Å². The molecule has 3 aromatic carbocycles. The molecule has 0 atom stereocenters. The molecule has 0 aliphatic heterocycles. The molecule has 0 aliphatic rings. The van der Waals surface area contributed by atoms with Crippen LogP contribution in [0.15, 0.2) is 82.6 Å². The predicted octanol–water partition coefficient (Wildman–Crippen LogP) is 4.08. The third-order valence-electron chi connectivity index (χ3n) is 3.60. The summed E-state index contributed by atoms with van der Waals surface area (Å²) in [7, 11) is -8.23. The topological polar surface area (TPSA) is 92.3 Å². The highest BCUT2D eigenvalue weighted by atomic mass is 35.5. The second kappa shape index (κ2) is 7.78. The summed E-state index contributed by atoms with van der Waals surface area (Å²) in [4.78, 5) is -0.721. The Balaban J connectivity index is 1.89. The molecule has 0 radical (unpaired) electrons. The van der Waals surface area contributed by atoms with E-state index in [4.69, 9.17) is 11.6 Å². The van der Waals surface area contributed by atoms with Gasteiger partial charge in [0.05, 0.1) is 16.3 Å². The van der Waals surface area contributed by atoms with E-state index in [2.05, 4.69) is 9.44 Å². The van der Waals surface area contributed by atoms with Crippen molar-refractivity contribution < 1.29 is 21.2 Å². The molecule has 3 aromatic rings. The lowest BCUT2D eigenvalue weighted by atomic mass is 10.3. The third-order valence-corrected chi connectivity index (χ3v) is 6.63. The van der Waals surface area contributed by atoms with Crippen molar-refractivity contribution in [1.82, 2.24) is 0 Å². The number of hydrogen-bond acceptors (Lipinski definition) is 4. The first-order valence-corrected chi connectivity index (χ1v) is 11.2. The highest BCUT2D eigenvalue weighted by Gasteiger charge is 2.20. The fourth-order valence-corrected chi connectivity index (χ4v) is 4.78. The molecule has 10 heteroatoms. The van der Waals surface area contributed by atoms with Crippen LogP contribution < -0.4 is 9.44 Å². The molecular formula is C18H14ClFN2O4S2. The van der Waals surface area contributed by atoms with Crippen LogP contribution in [-0.2, 0) is 20.0 Å². The molecule has 28 heavy (non-hydrogen) atoms. The van der Waals surface area contributed by atoms with E-state index in [1.54, 1.807) is 12.1 Å². The SMILES string of the molecule is O=S(=O)(Nc1cccc(Cl)c1)c1cccc(NS(=O)(=O)c2ccccc2F)c1. The molecule has 0 aromatic heterocycles. The van der Waals surface area contributed by atoms with Gasteiger partial charge < -0.3 is 0 Å². The maximum absolute atomic E-state index is 13.8. The largest absolute Gasteiger partial charge is 0.280 e. The van der Waals surface area contributed by atoms with Crippen molar-refractivity contribution in [2.75, 3.05) is 9.44 Å². The van der Waals surface area contributed by atoms with Crippen LogP contribution in [0.3, 0.4) is 0 Å². The van der Waals surface area contributed by atoms with Crippen LogP contribution in [0.1, 0.15) is 0 Å². The fraction of sp³-hybridized carbons (Fsp3) is 0. The summed E-state index contributed by atoms with van der Waals surface area (Å²) in [5.74, 6) is -0.915. The maximum Gasteiger partial charge on any atom is 0.264 e. The Morgan fingerprint density at radius 1 is 0.714 bits per heavy atom. The molecule has 0 saturated carbocycles. The van der Waals surface area contributed by atoms with Gasteiger partial charge in [-0.2, -0.15) is 0 Å². The van der Waals surface area contributed by atoms with Crippen LogP contribution in [0, 0.1) is 5.82 Å². The lowest BCUT2D eigenvalue weighted by molar-refractivity contribution is 0.570. The van der Waals surface area contributed by atoms with E-state index in [-0.39, 0.29) is 16.3 Å². The van der Waals surface area contributed by atoms with E-state index in [0.717, 1.165) is 18.2 Å². The number of sulfonamides is 2. The number of halogens is 2. The minimum absolute atomic E-state index is 0.0303. The molecule has 0 aliphatic carbocycles. The summed E-state index contributed by atoms with van der Waals surface area (Å²) in [5.41, 5.74) is 0.224. The van der Waals surface area contributed by atoms with Gasteiger partial charge in [0.2, 0.25) is 0 Å². The van der Waals surface area contributed by atoms with E-state index in [1.807, 2.05) is 0 Å². The van der Waals surface area contributed by atoms with Crippen molar-refractivity contribution in [2.45, 2.75) is 9.79 Å². The Morgan fingerprint density at radius 3 is 2.00 bits per heavy atom. The van der Waals surface area contributed by atoms with Crippen molar-refractivity contribution in [3.63, 3.8) is 0 Å². The molecule has 0 heterocycles. The lowest BCUT2D eigenvalue weighted by Gasteiger charge is -2.12. The van der Waals surface area contributed by atoms with Gasteiger partial charge in [0.25, 0.3) is 20.0 Å². The Labute approximate surface area is 167 Å². The Hall–Kier alpha value is -2.62. The van der Waals surface area contributed by atoms with Crippen LogP contribution in [0.25, 0.3) is 0 Å². The number of anilines is 2. The first kappa shape index (κ1) is 20.1. The molecule has 0 amide bonds. The van der Waals surface area contributed by atoms with E-state index in [9.17, 15) is 21.2 Å². The molecule has 146 valence electrons.